The highest BCUT2D eigenvalue weighted by Gasteiger charge is 2.12. The van der Waals surface area contributed by atoms with Crippen molar-refractivity contribution in [2.45, 2.75) is 25.4 Å². The zero-order valence-electron chi connectivity index (χ0n) is 9.48. The standard InChI is InChI=1S/C13H19NO2/c15-12-3-1-2-11(10-12)6-9-16-13-4-7-14-8-5-13/h1-3,10,13-15H,4-9H2. The third-order valence-corrected chi connectivity index (χ3v) is 2.94. The van der Waals surface area contributed by atoms with E-state index in [-0.39, 0.29) is 0 Å². The zero-order valence-corrected chi connectivity index (χ0v) is 9.48. The van der Waals surface area contributed by atoms with Gasteiger partial charge >= 0.3 is 0 Å². The van der Waals surface area contributed by atoms with Crippen molar-refractivity contribution in [1.82, 2.24) is 5.32 Å². The lowest BCUT2D eigenvalue weighted by molar-refractivity contribution is 0.0349. The van der Waals surface area contributed by atoms with E-state index in [0.717, 1.165) is 44.5 Å². The molecule has 3 heteroatoms. The summed E-state index contributed by atoms with van der Waals surface area (Å²) in [6.45, 7) is 2.88. The number of phenols is 1. The van der Waals surface area contributed by atoms with E-state index in [4.69, 9.17) is 4.74 Å². The Morgan fingerprint density at radius 3 is 2.88 bits per heavy atom. The summed E-state index contributed by atoms with van der Waals surface area (Å²) in [4.78, 5) is 0. The lowest BCUT2D eigenvalue weighted by Gasteiger charge is -2.22. The van der Waals surface area contributed by atoms with Gasteiger partial charge in [0.15, 0.2) is 0 Å². The Morgan fingerprint density at radius 2 is 2.12 bits per heavy atom. The molecule has 0 bridgehead atoms. The summed E-state index contributed by atoms with van der Waals surface area (Å²) >= 11 is 0. The predicted molar refractivity (Wildman–Crippen MR) is 63.7 cm³/mol. The molecule has 0 unspecified atom stereocenters. The van der Waals surface area contributed by atoms with Gasteiger partial charge in [0.05, 0.1) is 12.7 Å². The molecule has 1 saturated heterocycles. The largest absolute Gasteiger partial charge is 0.508 e. The van der Waals surface area contributed by atoms with E-state index in [1.807, 2.05) is 12.1 Å². The molecule has 0 saturated carbocycles. The smallest absolute Gasteiger partial charge is 0.115 e. The molecule has 0 atom stereocenters. The van der Waals surface area contributed by atoms with E-state index < -0.39 is 0 Å². The van der Waals surface area contributed by atoms with E-state index in [1.165, 1.54) is 0 Å². The summed E-state index contributed by atoms with van der Waals surface area (Å²) in [6.07, 6.45) is 3.51. The fraction of sp³-hybridized carbons (Fsp3) is 0.538. The molecule has 16 heavy (non-hydrogen) atoms. The molecule has 88 valence electrons. The van der Waals surface area contributed by atoms with Crippen LogP contribution in [0.15, 0.2) is 24.3 Å². The number of hydrogen-bond acceptors (Lipinski definition) is 3. The molecule has 0 amide bonds. The molecule has 1 aliphatic heterocycles. The molecule has 0 aromatic heterocycles. The van der Waals surface area contributed by atoms with Crippen molar-refractivity contribution >= 4 is 0 Å². The van der Waals surface area contributed by atoms with Crippen LogP contribution in [0.5, 0.6) is 5.75 Å². The molecule has 1 heterocycles. The van der Waals surface area contributed by atoms with Gasteiger partial charge in [-0.3, -0.25) is 0 Å². The normalized spacial score (nSPS) is 17.5. The Labute approximate surface area is 96.4 Å². The van der Waals surface area contributed by atoms with Gasteiger partial charge in [-0.05, 0) is 50.0 Å². The Kier molecular flexibility index (Phi) is 4.19. The van der Waals surface area contributed by atoms with Gasteiger partial charge in [-0.25, -0.2) is 0 Å². The first-order chi connectivity index (χ1) is 7.84. The van der Waals surface area contributed by atoms with Crippen LogP contribution in [-0.4, -0.2) is 30.9 Å². The lowest BCUT2D eigenvalue weighted by Crippen LogP contribution is -2.32. The Morgan fingerprint density at radius 1 is 1.31 bits per heavy atom. The van der Waals surface area contributed by atoms with Crippen molar-refractivity contribution < 1.29 is 9.84 Å². The first-order valence-electron chi connectivity index (χ1n) is 5.95. The molecule has 1 aliphatic rings. The maximum absolute atomic E-state index is 9.31. The van der Waals surface area contributed by atoms with Crippen LogP contribution in [0.4, 0.5) is 0 Å². The van der Waals surface area contributed by atoms with Gasteiger partial charge in [-0.15, -0.1) is 0 Å². The van der Waals surface area contributed by atoms with Gasteiger partial charge in [0.25, 0.3) is 0 Å². The molecule has 2 N–H and O–H groups in total. The first kappa shape index (κ1) is 11.4. The molecule has 0 aliphatic carbocycles. The van der Waals surface area contributed by atoms with Crippen LogP contribution in [0.2, 0.25) is 0 Å². The van der Waals surface area contributed by atoms with Gasteiger partial charge in [0, 0.05) is 0 Å². The molecular formula is C13H19NO2. The topological polar surface area (TPSA) is 41.5 Å². The van der Waals surface area contributed by atoms with Crippen molar-refractivity contribution in [3.05, 3.63) is 29.8 Å². The van der Waals surface area contributed by atoms with Crippen LogP contribution < -0.4 is 5.32 Å². The first-order valence-corrected chi connectivity index (χ1v) is 5.95. The van der Waals surface area contributed by atoms with Gasteiger partial charge in [0.2, 0.25) is 0 Å². The van der Waals surface area contributed by atoms with Crippen LogP contribution in [0.3, 0.4) is 0 Å². The van der Waals surface area contributed by atoms with E-state index >= 15 is 0 Å². The fourth-order valence-electron chi connectivity index (χ4n) is 2.02. The van der Waals surface area contributed by atoms with E-state index in [2.05, 4.69) is 5.32 Å². The monoisotopic (exact) mass is 221 g/mol. The summed E-state index contributed by atoms with van der Waals surface area (Å²) in [5.41, 5.74) is 1.13. The molecule has 0 radical (unpaired) electrons. The van der Waals surface area contributed by atoms with Crippen molar-refractivity contribution in [2.24, 2.45) is 0 Å². The molecule has 0 spiro atoms. The number of nitrogens with one attached hydrogen (secondary N) is 1. The fourth-order valence-corrected chi connectivity index (χ4v) is 2.02. The van der Waals surface area contributed by atoms with E-state index in [1.54, 1.807) is 12.1 Å². The Balaban J connectivity index is 1.71. The second-order valence-electron chi connectivity index (χ2n) is 4.24. The van der Waals surface area contributed by atoms with Crippen molar-refractivity contribution in [2.75, 3.05) is 19.7 Å². The minimum Gasteiger partial charge on any atom is -0.508 e. The van der Waals surface area contributed by atoms with Crippen LogP contribution >= 0.6 is 0 Å². The zero-order chi connectivity index (χ0) is 11.2. The average Bonchev–Trinajstić information content (AvgIpc) is 2.30. The van der Waals surface area contributed by atoms with E-state index in [9.17, 15) is 5.11 Å². The minimum atomic E-state index is 0.333. The number of rotatable bonds is 4. The lowest BCUT2D eigenvalue weighted by atomic mass is 10.1. The van der Waals surface area contributed by atoms with Crippen LogP contribution in [0.25, 0.3) is 0 Å². The number of piperidine rings is 1. The molecule has 3 nitrogen and oxygen atoms in total. The van der Waals surface area contributed by atoms with E-state index in [0.29, 0.717) is 11.9 Å². The van der Waals surface area contributed by atoms with Crippen molar-refractivity contribution in [3.63, 3.8) is 0 Å². The summed E-state index contributed by atoms with van der Waals surface area (Å²) in [5, 5.41) is 12.6. The van der Waals surface area contributed by atoms with Crippen LogP contribution in [0, 0.1) is 0 Å². The quantitative estimate of drug-likeness (QED) is 0.813. The van der Waals surface area contributed by atoms with Crippen molar-refractivity contribution in [1.29, 1.82) is 0 Å². The summed E-state index contributed by atoms with van der Waals surface area (Å²) in [6, 6.07) is 7.38. The maximum atomic E-state index is 9.31. The van der Waals surface area contributed by atoms with Gasteiger partial charge in [-0.2, -0.15) is 0 Å². The number of hydrogen-bond donors (Lipinski definition) is 2. The number of aromatic hydroxyl groups is 1. The summed E-state index contributed by atoms with van der Waals surface area (Å²) in [7, 11) is 0. The van der Waals surface area contributed by atoms with Gasteiger partial charge < -0.3 is 15.2 Å². The van der Waals surface area contributed by atoms with Crippen LogP contribution in [0.1, 0.15) is 18.4 Å². The number of benzene rings is 1. The molecule has 2 rings (SSSR count). The number of ether oxygens (including phenoxy) is 1. The second kappa shape index (κ2) is 5.87. The third kappa shape index (κ3) is 3.51. The number of phenolic OH excluding ortho intramolecular Hbond substituents is 1. The van der Waals surface area contributed by atoms with Gasteiger partial charge in [0.1, 0.15) is 5.75 Å². The van der Waals surface area contributed by atoms with Gasteiger partial charge in [-0.1, -0.05) is 12.1 Å². The van der Waals surface area contributed by atoms with Crippen molar-refractivity contribution in [3.8, 4) is 5.75 Å². The second-order valence-corrected chi connectivity index (χ2v) is 4.24. The third-order valence-electron chi connectivity index (χ3n) is 2.94. The Hall–Kier alpha value is -1.06. The average molecular weight is 221 g/mol. The molecule has 1 aromatic rings. The summed E-state index contributed by atoms with van der Waals surface area (Å²) < 4.78 is 5.81. The molecular weight excluding hydrogens is 202 g/mol. The maximum Gasteiger partial charge on any atom is 0.115 e. The summed E-state index contributed by atoms with van der Waals surface area (Å²) in [5.74, 6) is 0.333. The van der Waals surface area contributed by atoms with Crippen LogP contribution in [-0.2, 0) is 11.2 Å². The Bertz CT molecular complexity index is 321. The predicted octanol–water partition coefficient (Wildman–Crippen LogP) is 1.70. The molecule has 1 fully saturated rings. The highest BCUT2D eigenvalue weighted by atomic mass is 16.5. The highest BCUT2D eigenvalue weighted by molar-refractivity contribution is 5.27. The SMILES string of the molecule is Oc1cccc(CCOC2CCNCC2)c1. The highest BCUT2D eigenvalue weighted by Crippen LogP contribution is 2.12. The minimum absolute atomic E-state index is 0.333. The molecule has 1 aromatic carbocycles.